The lowest BCUT2D eigenvalue weighted by Gasteiger charge is -2.38. The summed E-state index contributed by atoms with van der Waals surface area (Å²) < 4.78 is 38.1. The van der Waals surface area contributed by atoms with Crippen LogP contribution >= 0.6 is 0 Å². The van der Waals surface area contributed by atoms with Crippen molar-refractivity contribution in [2.75, 3.05) is 6.54 Å². The smallest absolute Gasteiger partial charge is 0.346 e. The fourth-order valence-corrected chi connectivity index (χ4v) is 2.13. The minimum atomic E-state index is -4.17. The van der Waals surface area contributed by atoms with Gasteiger partial charge in [-0.3, -0.25) is 5.41 Å². The molecule has 2 aliphatic rings. The molecule has 0 amide bonds. The van der Waals surface area contributed by atoms with E-state index in [1.807, 2.05) is 0 Å². The van der Waals surface area contributed by atoms with Crippen LogP contribution in [0, 0.1) is 5.41 Å². The first-order valence-electron chi connectivity index (χ1n) is 4.89. The van der Waals surface area contributed by atoms with Crippen LogP contribution in [0.3, 0.4) is 0 Å². The lowest BCUT2D eigenvalue weighted by molar-refractivity contribution is -0.186. The van der Waals surface area contributed by atoms with Gasteiger partial charge in [0.15, 0.2) is 0 Å². The summed E-state index contributed by atoms with van der Waals surface area (Å²) >= 11 is 0. The summed E-state index contributed by atoms with van der Waals surface area (Å²) in [7, 11) is 0. The molecular weight excluding hydrogens is 193 g/mol. The minimum Gasteiger partial charge on any atom is -0.346 e. The molecule has 0 bridgehead atoms. The maximum atomic E-state index is 12.7. The van der Waals surface area contributed by atoms with Gasteiger partial charge in [-0.05, 0) is 25.7 Å². The van der Waals surface area contributed by atoms with Crippen molar-refractivity contribution in [2.45, 2.75) is 43.8 Å². The van der Waals surface area contributed by atoms with Crippen LogP contribution in [0.5, 0.6) is 0 Å². The van der Waals surface area contributed by atoms with Crippen molar-refractivity contribution in [3.8, 4) is 0 Å². The maximum absolute atomic E-state index is 12.7. The first-order valence-corrected chi connectivity index (χ1v) is 4.89. The average molecular weight is 206 g/mol. The van der Waals surface area contributed by atoms with Gasteiger partial charge in [0, 0.05) is 13.0 Å². The highest BCUT2D eigenvalue weighted by molar-refractivity contribution is 5.81. The Balaban J connectivity index is 2.17. The van der Waals surface area contributed by atoms with Gasteiger partial charge in [0.05, 0.1) is 5.84 Å². The van der Waals surface area contributed by atoms with Crippen molar-refractivity contribution in [1.82, 2.24) is 4.90 Å². The standard InChI is InChI=1S/C9H13F3N2/c10-9(11,12)8(4-5-8)14-6-2-1-3-7(14)13/h13H,1-6H2. The number of hydrogen-bond acceptors (Lipinski definition) is 1. The highest BCUT2D eigenvalue weighted by Gasteiger charge is 2.67. The minimum absolute atomic E-state index is 0.166. The number of likely N-dealkylation sites (tertiary alicyclic amines) is 1. The van der Waals surface area contributed by atoms with E-state index >= 15 is 0 Å². The molecule has 1 heterocycles. The molecule has 1 aliphatic carbocycles. The molecule has 5 heteroatoms. The molecule has 2 fully saturated rings. The molecule has 80 valence electrons. The van der Waals surface area contributed by atoms with Gasteiger partial charge in [0.2, 0.25) is 0 Å². The molecule has 0 radical (unpaired) electrons. The quantitative estimate of drug-likeness (QED) is 0.701. The Bertz CT molecular complexity index is 255. The van der Waals surface area contributed by atoms with Crippen LogP contribution in [0.15, 0.2) is 0 Å². The Hall–Kier alpha value is -0.740. The lowest BCUT2D eigenvalue weighted by Crippen LogP contribution is -2.52. The fourth-order valence-electron chi connectivity index (χ4n) is 2.13. The molecular formula is C9H13F3N2. The molecule has 1 saturated carbocycles. The summed E-state index contributed by atoms with van der Waals surface area (Å²) in [4.78, 5) is 1.27. The number of piperidine rings is 1. The summed E-state index contributed by atoms with van der Waals surface area (Å²) in [5.74, 6) is 0.172. The summed E-state index contributed by atoms with van der Waals surface area (Å²) in [5.41, 5.74) is -1.66. The van der Waals surface area contributed by atoms with E-state index in [9.17, 15) is 13.2 Å². The summed E-state index contributed by atoms with van der Waals surface area (Å²) in [6.45, 7) is 0.401. The molecule has 1 aliphatic heterocycles. The zero-order valence-corrected chi connectivity index (χ0v) is 7.82. The number of hydrogen-bond donors (Lipinski definition) is 1. The van der Waals surface area contributed by atoms with Crippen molar-refractivity contribution in [3.63, 3.8) is 0 Å². The molecule has 0 unspecified atom stereocenters. The van der Waals surface area contributed by atoms with Crippen LogP contribution in [-0.4, -0.2) is 29.0 Å². The van der Waals surface area contributed by atoms with Gasteiger partial charge in [0.1, 0.15) is 5.54 Å². The molecule has 0 aromatic heterocycles. The number of alkyl halides is 3. The van der Waals surface area contributed by atoms with E-state index in [-0.39, 0.29) is 18.7 Å². The van der Waals surface area contributed by atoms with Gasteiger partial charge in [-0.2, -0.15) is 13.2 Å². The lowest BCUT2D eigenvalue weighted by atomic mass is 10.1. The molecule has 1 saturated heterocycles. The van der Waals surface area contributed by atoms with Crippen molar-refractivity contribution in [1.29, 1.82) is 5.41 Å². The van der Waals surface area contributed by atoms with Crippen molar-refractivity contribution < 1.29 is 13.2 Å². The Kier molecular flexibility index (Phi) is 2.01. The van der Waals surface area contributed by atoms with Crippen molar-refractivity contribution in [2.24, 2.45) is 0 Å². The van der Waals surface area contributed by atoms with E-state index in [1.54, 1.807) is 0 Å². The van der Waals surface area contributed by atoms with Crippen LogP contribution in [-0.2, 0) is 0 Å². The topological polar surface area (TPSA) is 27.1 Å². The fraction of sp³-hybridized carbons (Fsp3) is 0.889. The highest BCUT2D eigenvalue weighted by atomic mass is 19.4. The van der Waals surface area contributed by atoms with Crippen LogP contribution in [0.25, 0.3) is 0 Å². The number of amidine groups is 1. The van der Waals surface area contributed by atoms with Crippen LogP contribution < -0.4 is 0 Å². The van der Waals surface area contributed by atoms with Gasteiger partial charge in [0.25, 0.3) is 0 Å². The molecule has 0 aromatic carbocycles. The van der Waals surface area contributed by atoms with E-state index in [0.717, 1.165) is 12.8 Å². The number of nitrogens with one attached hydrogen (secondary N) is 1. The Morgan fingerprint density at radius 2 is 1.86 bits per heavy atom. The predicted octanol–water partition coefficient (Wildman–Crippen LogP) is 2.54. The molecule has 2 rings (SSSR count). The monoisotopic (exact) mass is 206 g/mol. The predicted molar refractivity (Wildman–Crippen MR) is 46.3 cm³/mol. The molecule has 2 nitrogen and oxygen atoms in total. The first kappa shape index (κ1) is 9.80. The van der Waals surface area contributed by atoms with Gasteiger partial charge in [-0.15, -0.1) is 0 Å². The van der Waals surface area contributed by atoms with Crippen molar-refractivity contribution >= 4 is 5.84 Å². The van der Waals surface area contributed by atoms with Gasteiger partial charge >= 0.3 is 6.18 Å². The van der Waals surface area contributed by atoms with E-state index in [2.05, 4.69) is 0 Å². The van der Waals surface area contributed by atoms with E-state index < -0.39 is 11.7 Å². The zero-order chi connectivity index (χ0) is 10.4. The first-order chi connectivity index (χ1) is 6.47. The highest BCUT2D eigenvalue weighted by Crippen LogP contribution is 2.54. The third kappa shape index (κ3) is 1.29. The Labute approximate surface area is 80.6 Å². The summed E-state index contributed by atoms with van der Waals surface area (Å²) in [6, 6.07) is 0. The van der Waals surface area contributed by atoms with E-state index in [4.69, 9.17) is 5.41 Å². The van der Waals surface area contributed by atoms with Gasteiger partial charge in [-0.25, -0.2) is 0 Å². The third-order valence-electron chi connectivity index (χ3n) is 3.14. The molecule has 1 N–H and O–H groups in total. The molecule has 14 heavy (non-hydrogen) atoms. The SMILES string of the molecule is N=C1CCCCN1C1(C(F)(F)F)CC1. The van der Waals surface area contributed by atoms with E-state index in [1.165, 1.54) is 4.90 Å². The second kappa shape index (κ2) is 2.87. The van der Waals surface area contributed by atoms with Crippen molar-refractivity contribution in [3.05, 3.63) is 0 Å². The summed E-state index contributed by atoms with van der Waals surface area (Å²) in [5, 5.41) is 7.55. The Morgan fingerprint density at radius 3 is 2.29 bits per heavy atom. The van der Waals surface area contributed by atoms with Gasteiger partial charge < -0.3 is 4.90 Å². The second-order valence-corrected chi connectivity index (χ2v) is 4.08. The maximum Gasteiger partial charge on any atom is 0.411 e. The van der Waals surface area contributed by atoms with E-state index in [0.29, 0.717) is 13.0 Å². The number of halogens is 3. The largest absolute Gasteiger partial charge is 0.411 e. The van der Waals surface area contributed by atoms with Crippen LogP contribution in [0.4, 0.5) is 13.2 Å². The Morgan fingerprint density at radius 1 is 1.21 bits per heavy atom. The van der Waals surface area contributed by atoms with Crippen LogP contribution in [0.2, 0.25) is 0 Å². The van der Waals surface area contributed by atoms with Gasteiger partial charge in [-0.1, -0.05) is 0 Å². The number of nitrogens with zero attached hydrogens (tertiary/aromatic N) is 1. The van der Waals surface area contributed by atoms with Crippen LogP contribution in [0.1, 0.15) is 32.1 Å². The zero-order valence-electron chi connectivity index (χ0n) is 7.82. The third-order valence-corrected chi connectivity index (χ3v) is 3.14. The molecule has 0 aromatic rings. The second-order valence-electron chi connectivity index (χ2n) is 4.08. The summed E-state index contributed by atoms with van der Waals surface area (Å²) in [6.07, 6.45) is -1.71. The molecule has 0 atom stereocenters. The average Bonchev–Trinajstić information content (AvgIpc) is 2.84. The number of rotatable bonds is 1. The normalized spacial score (nSPS) is 26.5. The molecule has 0 spiro atoms.